The van der Waals surface area contributed by atoms with Gasteiger partial charge in [-0.25, -0.2) is 4.98 Å². The standard InChI is InChI=1S/C16H16ClN3O2/c17-11-6-4-10-5-7-13(20-14(10)8-11)16(22)18-9-12-2-1-3-15(21)19-12/h4-8,12H,1-3,9H2,(H,18,22)(H,19,21)/t12-/m1/s1. The molecule has 2 aromatic rings. The fourth-order valence-electron chi connectivity index (χ4n) is 2.56. The van der Waals surface area contributed by atoms with Crippen molar-refractivity contribution in [1.82, 2.24) is 15.6 Å². The minimum absolute atomic E-state index is 0.0000934. The van der Waals surface area contributed by atoms with Crippen molar-refractivity contribution in [1.29, 1.82) is 0 Å². The largest absolute Gasteiger partial charge is 0.352 e. The zero-order chi connectivity index (χ0) is 15.5. The van der Waals surface area contributed by atoms with Crippen molar-refractivity contribution in [2.45, 2.75) is 25.3 Å². The maximum atomic E-state index is 12.2. The number of carbonyl (C=O) groups is 2. The Morgan fingerprint density at radius 1 is 1.36 bits per heavy atom. The van der Waals surface area contributed by atoms with Crippen LogP contribution in [-0.2, 0) is 4.79 Å². The van der Waals surface area contributed by atoms with Gasteiger partial charge in [0, 0.05) is 29.4 Å². The Morgan fingerprint density at radius 3 is 3.00 bits per heavy atom. The summed E-state index contributed by atoms with van der Waals surface area (Å²) in [7, 11) is 0. The predicted octanol–water partition coefficient (Wildman–Crippen LogP) is 2.29. The molecule has 1 aliphatic rings. The van der Waals surface area contributed by atoms with E-state index in [4.69, 9.17) is 11.6 Å². The van der Waals surface area contributed by atoms with E-state index in [-0.39, 0.29) is 17.9 Å². The molecule has 1 fully saturated rings. The number of carbonyl (C=O) groups excluding carboxylic acids is 2. The van der Waals surface area contributed by atoms with Crippen LogP contribution in [0.25, 0.3) is 10.9 Å². The highest BCUT2D eigenvalue weighted by atomic mass is 35.5. The number of amides is 2. The second-order valence-corrected chi connectivity index (χ2v) is 5.84. The maximum absolute atomic E-state index is 12.2. The van der Waals surface area contributed by atoms with Crippen LogP contribution < -0.4 is 10.6 Å². The van der Waals surface area contributed by atoms with Crippen LogP contribution in [0, 0.1) is 0 Å². The zero-order valence-corrected chi connectivity index (χ0v) is 12.7. The topological polar surface area (TPSA) is 71.1 Å². The number of aromatic nitrogens is 1. The van der Waals surface area contributed by atoms with Crippen molar-refractivity contribution >= 4 is 34.3 Å². The SMILES string of the molecule is O=C1CCC[C@H](CNC(=O)c2ccc3ccc(Cl)cc3n2)N1. The number of pyridine rings is 1. The van der Waals surface area contributed by atoms with Crippen LogP contribution in [0.4, 0.5) is 0 Å². The third kappa shape index (κ3) is 3.36. The smallest absolute Gasteiger partial charge is 0.269 e. The Kier molecular flexibility index (Phi) is 4.24. The van der Waals surface area contributed by atoms with E-state index < -0.39 is 0 Å². The Hall–Kier alpha value is -2.14. The summed E-state index contributed by atoms with van der Waals surface area (Å²) in [5, 5.41) is 7.20. The molecule has 2 heterocycles. The molecule has 1 aliphatic heterocycles. The first-order valence-electron chi connectivity index (χ1n) is 7.26. The molecule has 1 saturated heterocycles. The zero-order valence-electron chi connectivity index (χ0n) is 11.9. The van der Waals surface area contributed by atoms with E-state index in [0.717, 1.165) is 18.2 Å². The molecule has 0 saturated carbocycles. The summed E-state index contributed by atoms with van der Waals surface area (Å²) in [6, 6.07) is 8.91. The molecule has 0 unspecified atom stereocenters. The van der Waals surface area contributed by atoms with E-state index >= 15 is 0 Å². The molecule has 5 nitrogen and oxygen atoms in total. The lowest BCUT2D eigenvalue weighted by atomic mass is 10.0. The van der Waals surface area contributed by atoms with Gasteiger partial charge in [-0.05, 0) is 31.0 Å². The monoisotopic (exact) mass is 317 g/mol. The van der Waals surface area contributed by atoms with Crippen molar-refractivity contribution in [3.63, 3.8) is 0 Å². The van der Waals surface area contributed by atoms with Crippen LogP contribution >= 0.6 is 11.6 Å². The van der Waals surface area contributed by atoms with Gasteiger partial charge in [-0.1, -0.05) is 23.7 Å². The minimum Gasteiger partial charge on any atom is -0.352 e. The number of nitrogens with one attached hydrogen (secondary N) is 2. The van der Waals surface area contributed by atoms with E-state index in [1.54, 1.807) is 18.2 Å². The van der Waals surface area contributed by atoms with Crippen LogP contribution in [-0.4, -0.2) is 29.4 Å². The molecule has 22 heavy (non-hydrogen) atoms. The Bertz CT molecular complexity index is 732. The van der Waals surface area contributed by atoms with Gasteiger partial charge >= 0.3 is 0 Å². The lowest BCUT2D eigenvalue weighted by Crippen LogP contribution is -2.46. The summed E-state index contributed by atoms with van der Waals surface area (Å²) in [6.07, 6.45) is 2.31. The molecule has 0 aliphatic carbocycles. The number of halogens is 1. The van der Waals surface area contributed by atoms with Crippen LogP contribution in [0.3, 0.4) is 0 Å². The fraction of sp³-hybridized carbons (Fsp3) is 0.312. The van der Waals surface area contributed by atoms with Crippen molar-refractivity contribution < 1.29 is 9.59 Å². The molecular formula is C16H16ClN3O2. The quantitative estimate of drug-likeness (QED) is 0.912. The molecule has 1 atom stereocenters. The van der Waals surface area contributed by atoms with E-state index in [1.165, 1.54) is 0 Å². The highest BCUT2D eigenvalue weighted by Gasteiger charge is 2.19. The minimum atomic E-state index is -0.248. The van der Waals surface area contributed by atoms with Gasteiger partial charge in [0.05, 0.1) is 5.52 Å². The summed E-state index contributed by atoms with van der Waals surface area (Å²) in [4.78, 5) is 27.8. The van der Waals surface area contributed by atoms with Gasteiger partial charge in [0.15, 0.2) is 0 Å². The molecule has 114 valence electrons. The highest BCUT2D eigenvalue weighted by molar-refractivity contribution is 6.31. The summed E-state index contributed by atoms with van der Waals surface area (Å²) >= 11 is 5.95. The average molecular weight is 318 g/mol. The first kappa shape index (κ1) is 14.8. The lowest BCUT2D eigenvalue weighted by Gasteiger charge is -2.23. The molecule has 1 aromatic carbocycles. The van der Waals surface area contributed by atoms with Crippen LogP contribution in [0.1, 0.15) is 29.8 Å². The Morgan fingerprint density at radius 2 is 2.18 bits per heavy atom. The van der Waals surface area contributed by atoms with Crippen LogP contribution in [0.5, 0.6) is 0 Å². The summed E-state index contributed by atoms with van der Waals surface area (Å²) in [5.41, 5.74) is 1.03. The van der Waals surface area contributed by atoms with Gasteiger partial charge in [-0.15, -0.1) is 0 Å². The molecule has 6 heteroatoms. The molecular weight excluding hydrogens is 302 g/mol. The van der Waals surface area contributed by atoms with E-state index in [1.807, 2.05) is 12.1 Å². The van der Waals surface area contributed by atoms with Crippen molar-refractivity contribution in [3.05, 3.63) is 41.0 Å². The predicted molar refractivity (Wildman–Crippen MR) is 84.9 cm³/mol. The summed E-state index contributed by atoms with van der Waals surface area (Å²) in [5.74, 6) is -0.203. The van der Waals surface area contributed by atoms with Crippen molar-refractivity contribution in [2.75, 3.05) is 6.54 Å². The van der Waals surface area contributed by atoms with Gasteiger partial charge in [0.25, 0.3) is 5.91 Å². The Labute approximate surface area is 133 Å². The number of piperidine rings is 1. The molecule has 2 amide bonds. The highest BCUT2D eigenvalue weighted by Crippen LogP contribution is 2.18. The number of rotatable bonds is 3. The van der Waals surface area contributed by atoms with Crippen LogP contribution in [0.15, 0.2) is 30.3 Å². The number of hydrogen-bond donors (Lipinski definition) is 2. The van der Waals surface area contributed by atoms with Crippen molar-refractivity contribution in [2.24, 2.45) is 0 Å². The number of hydrogen-bond acceptors (Lipinski definition) is 3. The third-order valence-corrected chi connectivity index (χ3v) is 3.95. The second kappa shape index (κ2) is 6.32. The van der Waals surface area contributed by atoms with Gasteiger partial charge < -0.3 is 10.6 Å². The molecule has 2 N–H and O–H groups in total. The molecule has 0 bridgehead atoms. The molecule has 3 rings (SSSR count). The van der Waals surface area contributed by atoms with Gasteiger partial charge in [0.1, 0.15) is 5.69 Å². The summed E-state index contributed by atoms with van der Waals surface area (Å²) < 4.78 is 0. The Balaban J connectivity index is 1.68. The fourth-order valence-corrected chi connectivity index (χ4v) is 2.72. The lowest BCUT2D eigenvalue weighted by molar-refractivity contribution is -0.123. The van der Waals surface area contributed by atoms with E-state index in [9.17, 15) is 9.59 Å². The van der Waals surface area contributed by atoms with E-state index in [2.05, 4.69) is 15.6 Å². The van der Waals surface area contributed by atoms with Crippen LogP contribution in [0.2, 0.25) is 5.02 Å². The molecule has 1 aromatic heterocycles. The number of fused-ring (bicyclic) bond motifs is 1. The second-order valence-electron chi connectivity index (χ2n) is 5.40. The van der Waals surface area contributed by atoms with Gasteiger partial charge in [0.2, 0.25) is 5.91 Å². The number of benzene rings is 1. The molecule has 0 radical (unpaired) electrons. The summed E-state index contributed by atoms with van der Waals surface area (Å²) in [6.45, 7) is 0.417. The van der Waals surface area contributed by atoms with Crippen molar-refractivity contribution in [3.8, 4) is 0 Å². The third-order valence-electron chi connectivity index (χ3n) is 3.72. The van der Waals surface area contributed by atoms with Gasteiger partial charge in [-0.3, -0.25) is 9.59 Å². The first-order valence-corrected chi connectivity index (χ1v) is 7.63. The average Bonchev–Trinajstić information content (AvgIpc) is 2.52. The number of nitrogens with zero attached hydrogens (tertiary/aromatic N) is 1. The normalized spacial score (nSPS) is 18.0. The molecule has 0 spiro atoms. The van der Waals surface area contributed by atoms with E-state index in [0.29, 0.717) is 29.2 Å². The van der Waals surface area contributed by atoms with Gasteiger partial charge in [-0.2, -0.15) is 0 Å². The first-order chi connectivity index (χ1) is 10.6. The maximum Gasteiger partial charge on any atom is 0.269 e.